The summed E-state index contributed by atoms with van der Waals surface area (Å²) >= 11 is 0. The van der Waals surface area contributed by atoms with Crippen LogP contribution in [0.25, 0.3) is 55.8 Å². The smallest absolute Gasteiger partial charge is 0.228 e. The van der Waals surface area contributed by atoms with Crippen molar-refractivity contribution in [2.45, 2.75) is 6.42 Å². The highest BCUT2D eigenvalue weighted by atomic mass is 19.1. The Morgan fingerprint density at radius 1 is 0.905 bits per heavy atom. The molecule has 0 aliphatic carbocycles. The van der Waals surface area contributed by atoms with Crippen LogP contribution in [-0.2, 0) is 11.2 Å². The summed E-state index contributed by atoms with van der Waals surface area (Å²) in [7, 11) is 0. The van der Waals surface area contributed by atoms with Crippen LogP contribution < -0.4 is 5.32 Å². The predicted molar refractivity (Wildman–Crippen MR) is 156 cm³/mol. The molecular formula is C31H21FN8O2. The van der Waals surface area contributed by atoms with Crippen LogP contribution in [0, 0.1) is 5.82 Å². The molecule has 0 atom stereocenters. The maximum absolute atomic E-state index is 14.0. The number of aromatic nitrogens is 7. The Balaban J connectivity index is 1.22. The molecule has 0 saturated carbocycles. The molecule has 0 aliphatic heterocycles. The molecule has 2 aromatic carbocycles. The SMILES string of the molecule is O=C(Cc1ccccc1)Nc1cncc(-c2cc3c(-c4nc5c(-c6cc(O)cc(F)c6)cncc5[nH]4)n[nH]c3cn2)c1. The van der Waals surface area contributed by atoms with Gasteiger partial charge in [-0.2, -0.15) is 5.10 Å². The van der Waals surface area contributed by atoms with E-state index >= 15 is 0 Å². The molecule has 0 aliphatic rings. The molecule has 0 spiro atoms. The summed E-state index contributed by atoms with van der Waals surface area (Å²) in [4.78, 5) is 33.7. The number of hydrogen-bond donors (Lipinski definition) is 4. The number of fused-ring (bicyclic) bond motifs is 2. The number of nitrogens with one attached hydrogen (secondary N) is 3. The molecule has 0 radical (unpaired) electrons. The van der Waals surface area contributed by atoms with Crippen molar-refractivity contribution in [3.8, 4) is 39.7 Å². The predicted octanol–water partition coefficient (Wildman–Crippen LogP) is 5.65. The Hall–Kier alpha value is -5.97. The van der Waals surface area contributed by atoms with Crippen LogP contribution in [0.4, 0.5) is 10.1 Å². The number of aromatic amines is 2. The summed E-state index contributed by atoms with van der Waals surface area (Å²) in [5.41, 5.74) is 6.26. The lowest BCUT2D eigenvalue weighted by Crippen LogP contribution is -2.14. The van der Waals surface area contributed by atoms with Gasteiger partial charge in [0.2, 0.25) is 5.91 Å². The van der Waals surface area contributed by atoms with Crippen molar-refractivity contribution in [3.63, 3.8) is 0 Å². The van der Waals surface area contributed by atoms with Crippen LogP contribution in [0.15, 0.2) is 91.6 Å². The lowest BCUT2D eigenvalue weighted by molar-refractivity contribution is -0.115. The summed E-state index contributed by atoms with van der Waals surface area (Å²) < 4.78 is 14.0. The van der Waals surface area contributed by atoms with Crippen molar-refractivity contribution >= 4 is 33.5 Å². The third kappa shape index (κ3) is 4.79. The Morgan fingerprint density at radius 2 is 1.76 bits per heavy atom. The minimum absolute atomic E-state index is 0.145. The van der Waals surface area contributed by atoms with Gasteiger partial charge in [-0.05, 0) is 35.4 Å². The first-order chi connectivity index (χ1) is 20.5. The molecule has 0 bridgehead atoms. The molecule has 7 rings (SSSR count). The van der Waals surface area contributed by atoms with E-state index in [1.54, 1.807) is 31.0 Å². The van der Waals surface area contributed by atoms with Gasteiger partial charge in [-0.1, -0.05) is 30.3 Å². The monoisotopic (exact) mass is 556 g/mol. The molecular weight excluding hydrogens is 535 g/mol. The number of imidazole rings is 1. The number of pyridine rings is 3. The molecule has 1 amide bonds. The second kappa shape index (κ2) is 10.2. The van der Waals surface area contributed by atoms with Gasteiger partial charge in [-0.15, -0.1) is 0 Å². The van der Waals surface area contributed by atoms with E-state index in [1.807, 2.05) is 42.5 Å². The first kappa shape index (κ1) is 25.0. The fourth-order valence-corrected chi connectivity index (χ4v) is 4.88. The van der Waals surface area contributed by atoms with Crippen molar-refractivity contribution in [2.75, 3.05) is 5.32 Å². The number of amides is 1. The summed E-state index contributed by atoms with van der Waals surface area (Å²) in [6.07, 6.45) is 8.39. The van der Waals surface area contributed by atoms with Crippen LogP contribution in [0.1, 0.15) is 5.56 Å². The van der Waals surface area contributed by atoms with Gasteiger partial charge in [-0.3, -0.25) is 24.8 Å². The number of phenolic OH excluding ortho intramolecular Hbond substituents is 1. The quantitative estimate of drug-likeness (QED) is 0.207. The zero-order valence-electron chi connectivity index (χ0n) is 21.8. The minimum atomic E-state index is -0.564. The maximum Gasteiger partial charge on any atom is 0.228 e. The molecule has 7 aromatic rings. The highest BCUT2D eigenvalue weighted by molar-refractivity contribution is 5.98. The van der Waals surface area contributed by atoms with E-state index < -0.39 is 5.82 Å². The number of phenols is 1. The van der Waals surface area contributed by atoms with E-state index in [0.29, 0.717) is 56.1 Å². The van der Waals surface area contributed by atoms with Crippen LogP contribution in [0.5, 0.6) is 5.75 Å². The van der Waals surface area contributed by atoms with Crippen LogP contribution >= 0.6 is 0 Å². The Bertz CT molecular complexity index is 2090. The lowest BCUT2D eigenvalue weighted by atomic mass is 10.1. The van der Waals surface area contributed by atoms with E-state index in [2.05, 4.69) is 35.5 Å². The van der Waals surface area contributed by atoms with Gasteiger partial charge in [0.15, 0.2) is 5.82 Å². The lowest BCUT2D eigenvalue weighted by Gasteiger charge is -2.07. The maximum atomic E-state index is 14.0. The Kier molecular flexibility index (Phi) is 6.08. The van der Waals surface area contributed by atoms with Crippen LogP contribution in [0.2, 0.25) is 0 Å². The number of hydrogen-bond acceptors (Lipinski definition) is 7. The molecule has 42 heavy (non-hydrogen) atoms. The number of halogens is 1. The van der Waals surface area contributed by atoms with E-state index in [4.69, 9.17) is 4.98 Å². The van der Waals surface area contributed by atoms with E-state index in [0.717, 1.165) is 17.0 Å². The molecule has 10 nitrogen and oxygen atoms in total. The summed E-state index contributed by atoms with van der Waals surface area (Å²) in [5, 5.41) is 21.0. The molecule has 0 unspecified atom stereocenters. The minimum Gasteiger partial charge on any atom is -0.508 e. The number of anilines is 1. The number of benzene rings is 2. The molecule has 4 N–H and O–H groups in total. The number of nitrogens with zero attached hydrogens (tertiary/aromatic N) is 5. The number of carbonyl (C=O) groups is 1. The standard InChI is InChI=1S/C31H21FN8O2/c32-20-7-18(9-22(41)10-20)24-14-34-15-27-29(24)38-31(37-27)30-23-11-25(35-16-26(23)39-40-30)19-8-21(13-33-12-19)36-28(42)6-17-4-2-1-3-5-17/h1-5,7-16,41H,6H2,(H,36,42)(H,37,38)(H,39,40). The first-order valence-corrected chi connectivity index (χ1v) is 13.0. The average Bonchev–Trinajstić information content (AvgIpc) is 3.61. The van der Waals surface area contributed by atoms with E-state index in [1.165, 1.54) is 12.1 Å². The van der Waals surface area contributed by atoms with Crippen molar-refractivity contribution in [2.24, 2.45) is 0 Å². The average molecular weight is 557 g/mol. The van der Waals surface area contributed by atoms with Gasteiger partial charge in [-0.25, -0.2) is 9.37 Å². The zero-order valence-corrected chi connectivity index (χ0v) is 21.8. The van der Waals surface area contributed by atoms with Crippen molar-refractivity contribution in [1.82, 2.24) is 35.1 Å². The first-order valence-electron chi connectivity index (χ1n) is 13.0. The third-order valence-corrected chi connectivity index (χ3v) is 6.78. The summed E-state index contributed by atoms with van der Waals surface area (Å²) in [5.74, 6) is -0.424. The van der Waals surface area contributed by atoms with Gasteiger partial charge >= 0.3 is 0 Å². The van der Waals surface area contributed by atoms with Crippen LogP contribution in [-0.4, -0.2) is 46.1 Å². The molecule has 0 saturated heterocycles. The largest absolute Gasteiger partial charge is 0.508 e. The van der Waals surface area contributed by atoms with Crippen molar-refractivity contribution < 1.29 is 14.3 Å². The summed E-state index contributed by atoms with van der Waals surface area (Å²) in [6, 6.07) is 17.0. The molecule has 204 valence electrons. The summed E-state index contributed by atoms with van der Waals surface area (Å²) in [6.45, 7) is 0. The zero-order chi connectivity index (χ0) is 28.6. The normalized spacial score (nSPS) is 11.3. The number of carbonyl (C=O) groups excluding carboxylic acids is 1. The number of rotatable bonds is 6. The van der Waals surface area contributed by atoms with E-state index in [9.17, 15) is 14.3 Å². The van der Waals surface area contributed by atoms with Gasteiger partial charge < -0.3 is 15.4 Å². The van der Waals surface area contributed by atoms with Gasteiger partial charge in [0.25, 0.3) is 0 Å². The highest BCUT2D eigenvalue weighted by Gasteiger charge is 2.17. The van der Waals surface area contributed by atoms with Crippen LogP contribution in [0.3, 0.4) is 0 Å². The van der Waals surface area contributed by atoms with Crippen molar-refractivity contribution in [3.05, 3.63) is 103 Å². The number of H-pyrrole nitrogens is 2. The second-order valence-corrected chi connectivity index (χ2v) is 9.73. The molecule has 11 heteroatoms. The molecule has 5 heterocycles. The fraction of sp³-hybridized carbons (Fsp3) is 0.0323. The topological polar surface area (TPSA) is 145 Å². The Morgan fingerprint density at radius 3 is 2.62 bits per heavy atom. The molecule has 0 fully saturated rings. The van der Waals surface area contributed by atoms with Gasteiger partial charge in [0.1, 0.15) is 17.3 Å². The Labute approximate surface area is 237 Å². The van der Waals surface area contributed by atoms with Gasteiger partial charge in [0.05, 0.1) is 52.9 Å². The van der Waals surface area contributed by atoms with Gasteiger partial charge in [0, 0.05) is 35.0 Å². The van der Waals surface area contributed by atoms with E-state index in [-0.39, 0.29) is 18.1 Å². The van der Waals surface area contributed by atoms with Crippen molar-refractivity contribution in [1.29, 1.82) is 0 Å². The second-order valence-electron chi connectivity index (χ2n) is 9.73. The molecule has 5 aromatic heterocycles. The fourth-order valence-electron chi connectivity index (χ4n) is 4.88. The third-order valence-electron chi connectivity index (χ3n) is 6.78. The number of aromatic hydroxyl groups is 1. The highest BCUT2D eigenvalue weighted by Crippen LogP contribution is 2.33.